The minimum Gasteiger partial charge on any atom is -0.379 e. The summed E-state index contributed by atoms with van der Waals surface area (Å²) in [5.41, 5.74) is 7.93. The second-order valence-corrected chi connectivity index (χ2v) is 5.19. The number of rotatable bonds is 1. The van der Waals surface area contributed by atoms with Crippen LogP contribution >= 0.6 is 0 Å². The van der Waals surface area contributed by atoms with Gasteiger partial charge >= 0.3 is 6.03 Å². The van der Waals surface area contributed by atoms with Gasteiger partial charge in [0.25, 0.3) is 0 Å². The number of primary amides is 1. The monoisotopic (exact) mass is 231 g/mol. The van der Waals surface area contributed by atoms with Gasteiger partial charge in [-0.3, -0.25) is 0 Å². The zero-order valence-electron chi connectivity index (χ0n) is 9.70. The van der Waals surface area contributed by atoms with Gasteiger partial charge < -0.3 is 16.4 Å². The van der Waals surface area contributed by atoms with Crippen LogP contribution in [-0.2, 0) is 6.42 Å². The number of carbonyl (C=O) groups excluding carboxylic acids is 1. The number of urea groups is 1. The fourth-order valence-electron chi connectivity index (χ4n) is 3.22. The van der Waals surface area contributed by atoms with Crippen molar-refractivity contribution < 1.29 is 4.79 Å². The molecule has 2 aliphatic rings. The summed E-state index contributed by atoms with van der Waals surface area (Å²) in [5, 5.41) is 6.44. The minimum absolute atomic E-state index is 0.136. The molecule has 4 heteroatoms. The predicted octanol–water partition coefficient (Wildman–Crippen LogP) is 1.61. The van der Waals surface area contributed by atoms with Crippen molar-refractivity contribution in [3.63, 3.8) is 0 Å². The van der Waals surface area contributed by atoms with Crippen molar-refractivity contribution in [2.24, 2.45) is 5.73 Å². The van der Waals surface area contributed by atoms with Gasteiger partial charge in [-0.2, -0.15) is 0 Å². The van der Waals surface area contributed by atoms with Gasteiger partial charge in [-0.25, -0.2) is 4.79 Å². The average molecular weight is 231 g/mol. The number of nitrogens with one attached hydrogen (secondary N) is 2. The highest BCUT2D eigenvalue weighted by molar-refractivity contribution is 5.72. The molecule has 1 spiro atoms. The van der Waals surface area contributed by atoms with Gasteiger partial charge in [0, 0.05) is 17.3 Å². The van der Waals surface area contributed by atoms with Crippen LogP contribution in [0.2, 0.25) is 0 Å². The number of amides is 2. The van der Waals surface area contributed by atoms with E-state index in [0.29, 0.717) is 0 Å². The third-order valence-electron chi connectivity index (χ3n) is 3.90. The number of fused-ring (bicyclic) bond motifs is 1. The molecule has 4 nitrogen and oxygen atoms in total. The Bertz CT molecular complexity index is 433. The lowest BCUT2D eigenvalue weighted by molar-refractivity contribution is 0.245. The van der Waals surface area contributed by atoms with Crippen LogP contribution < -0.4 is 16.4 Å². The van der Waals surface area contributed by atoms with Crippen molar-refractivity contribution in [3.05, 3.63) is 29.8 Å². The molecule has 2 unspecified atom stereocenters. The molecular formula is C13H17N3O. The van der Waals surface area contributed by atoms with Crippen molar-refractivity contribution >= 4 is 11.7 Å². The lowest BCUT2D eigenvalue weighted by atomic mass is 9.93. The lowest BCUT2D eigenvalue weighted by Gasteiger charge is -2.24. The Morgan fingerprint density at radius 2 is 2.29 bits per heavy atom. The van der Waals surface area contributed by atoms with Crippen molar-refractivity contribution in [3.8, 4) is 0 Å². The highest BCUT2D eigenvalue weighted by atomic mass is 16.2. The Balaban J connectivity index is 1.74. The molecule has 1 heterocycles. The number of para-hydroxylation sites is 1. The standard InChI is InChI=1S/C13H17N3O/c14-12(17)15-10-5-6-13(8-10)7-9-3-1-2-4-11(9)16-13/h1-4,10,16H,5-8H2,(H3,14,15,17). The number of benzene rings is 1. The summed E-state index contributed by atoms with van der Waals surface area (Å²) in [5.74, 6) is 0. The summed E-state index contributed by atoms with van der Waals surface area (Å²) in [6.07, 6.45) is 4.11. The second kappa shape index (κ2) is 3.65. The molecule has 3 rings (SSSR count). The number of hydrogen-bond donors (Lipinski definition) is 3. The van der Waals surface area contributed by atoms with Crippen molar-refractivity contribution in [2.75, 3.05) is 5.32 Å². The highest BCUT2D eigenvalue weighted by Crippen LogP contribution is 2.42. The smallest absolute Gasteiger partial charge is 0.312 e. The zero-order chi connectivity index (χ0) is 11.9. The zero-order valence-corrected chi connectivity index (χ0v) is 9.70. The second-order valence-electron chi connectivity index (χ2n) is 5.19. The van der Waals surface area contributed by atoms with Crippen LogP contribution in [0.25, 0.3) is 0 Å². The summed E-state index contributed by atoms with van der Waals surface area (Å²) in [6, 6.07) is 8.23. The minimum atomic E-state index is -0.414. The molecule has 1 aliphatic carbocycles. The first-order chi connectivity index (χ1) is 8.17. The van der Waals surface area contributed by atoms with E-state index in [-0.39, 0.29) is 11.6 Å². The fourth-order valence-corrected chi connectivity index (χ4v) is 3.22. The van der Waals surface area contributed by atoms with E-state index in [9.17, 15) is 4.79 Å². The molecule has 0 radical (unpaired) electrons. The van der Waals surface area contributed by atoms with Gasteiger partial charge in [0.2, 0.25) is 0 Å². The molecule has 17 heavy (non-hydrogen) atoms. The van der Waals surface area contributed by atoms with Crippen LogP contribution in [0.5, 0.6) is 0 Å². The maximum atomic E-state index is 10.9. The molecule has 90 valence electrons. The highest BCUT2D eigenvalue weighted by Gasteiger charge is 2.43. The summed E-state index contributed by atoms with van der Waals surface area (Å²) in [4.78, 5) is 10.9. The third kappa shape index (κ3) is 1.84. The molecule has 1 aromatic carbocycles. The molecule has 2 atom stereocenters. The Hall–Kier alpha value is -1.71. The van der Waals surface area contributed by atoms with E-state index >= 15 is 0 Å². The van der Waals surface area contributed by atoms with E-state index in [4.69, 9.17) is 5.73 Å². The number of nitrogens with two attached hydrogens (primary N) is 1. The molecular weight excluding hydrogens is 214 g/mol. The van der Waals surface area contributed by atoms with E-state index < -0.39 is 6.03 Å². The molecule has 1 aliphatic heterocycles. The molecule has 1 fully saturated rings. The number of anilines is 1. The summed E-state index contributed by atoms with van der Waals surface area (Å²) < 4.78 is 0. The van der Waals surface area contributed by atoms with E-state index in [1.807, 2.05) is 0 Å². The Morgan fingerprint density at radius 1 is 1.47 bits per heavy atom. The van der Waals surface area contributed by atoms with Gasteiger partial charge in [0.15, 0.2) is 0 Å². The van der Waals surface area contributed by atoms with Gasteiger partial charge in [0.05, 0.1) is 0 Å². The molecule has 2 amide bonds. The molecule has 4 N–H and O–H groups in total. The van der Waals surface area contributed by atoms with Crippen LogP contribution in [0, 0.1) is 0 Å². The number of hydrogen-bond acceptors (Lipinski definition) is 2. The maximum absolute atomic E-state index is 10.9. The maximum Gasteiger partial charge on any atom is 0.312 e. The third-order valence-corrected chi connectivity index (χ3v) is 3.90. The first kappa shape index (κ1) is 10.4. The molecule has 0 aromatic heterocycles. The Kier molecular flexibility index (Phi) is 2.24. The first-order valence-electron chi connectivity index (χ1n) is 6.09. The van der Waals surface area contributed by atoms with E-state index in [1.165, 1.54) is 11.3 Å². The van der Waals surface area contributed by atoms with E-state index in [0.717, 1.165) is 25.7 Å². The van der Waals surface area contributed by atoms with Gasteiger partial charge in [-0.1, -0.05) is 18.2 Å². The van der Waals surface area contributed by atoms with Crippen LogP contribution in [0.4, 0.5) is 10.5 Å². The van der Waals surface area contributed by atoms with E-state index in [1.54, 1.807) is 0 Å². The van der Waals surface area contributed by atoms with Gasteiger partial charge in [-0.05, 0) is 37.3 Å². The Labute approximate surface area is 101 Å². The lowest BCUT2D eigenvalue weighted by Crippen LogP contribution is -2.40. The molecule has 1 saturated carbocycles. The van der Waals surface area contributed by atoms with Crippen LogP contribution in [-0.4, -0.2) is 17.6 Å². The van der Waals surface area contributed by atoms with Gasteiger partial charge in [-0.15, -0.1) is 0 Å². The van der Waals surface area contributed by atoms with E-state index in [2.05, 4.69) is 34.9 Å². The first-order valence-corrected chi connectivity index (χ1v) is 6.09. The van der Waals surface area contributed by atoms with Crippen LogP contribution in [0.3, 0.4) is 0 Å². The normalized spacial score (nSPS) is 30.0. The summed E-state index contributed by atoms with van der Waals surface area (Å²) in [7, 11) is 0. The molecule has 0 saturated heterocycles. The van der Waals surface area contributed by atoms with Crippen molar-refractivity contribution in [2.45, 2.75) is 37.3 Å². The summed E-state index contributed by atoms with van der Waals surface area (Å²) in [6.45, 7) is 0. The van der Waals surface area contributed by atoms with Crippen LogP contribution in [0.15, 0.2) is 24.3 Å². The quantitative estimate of drug-likeness (QED) is 0.687. The SMILES string of the molecule is NC(=O)NC1CCC2(Cc3ccccc3N2)C1. The summed E-state index contributed by atoms with van der Waals surface area (Å²) >= 11 is 0. The molecule has 0 bridgehead atoms. The van der Waals surface area contributed by atoms with Crippen molar-refractivity contribution in [1.29, 1.82) is 0 Å². The van der Waals surface area contributed by atoms with Gasteiger partial charge in [0.1, 0.15) is 0 Å². The fraction of sp³-hybridized carbons (Fsp3) is 0.462. The topological polar surface area (TPSA) is 67.2 Å². The van der Waals surface area contributed by atoms with Crippen molar-refractivity contribution in [1.82, 2.24) is 5.32 Å². The Morgan fingerprint density at radius 3 is 3.06 bits per heavy atom. The average Bonchev–Trinajstić information content (AvgIpc) is 2.81. The van der Waals surface area contributed by atoms with Crippen LogP contribution in [0.1, 0.15) is 24.8 Å². The molecule has 1 aromatic rings. The number of carbonyl (C=O) groups is 1. The predicted molar refractivity (Wildman–Crippen MR) is 66.9 cm³/mol. The largest absolute Gasteiger partial charge is 0.379 e.